The molecule has 0 aromatic heterocycles. The Morgan fingerprint density at radius 1 is 1.06 bits per heavy atom. The van der Waals surface area contributed by atoms with Gasteiger partial charge in [-0.05, 0) is 70.9 Å². The number of rotatable bonds is 8. The summed E-state index contributed by atoms with van der Waals surface area (Å²) in [5.41, 5.74) is 2.19. The van der Waals surface area contributed by atoms with E-state index in [9.17, 15) is 4.79 Å². The molecule has 3 aromatic carbocycles. The van der Waals surface area contributed by atoms with Gasteiger partial charge in [-0.3, -0.25) is 9.69 Å². The molecule has 0 radical (unpaired) electrons. The first-order valence-corrected chi connectivity index (χ1v) is 13.5. The Hall–Kier alpha value is -2.23. The van der Waals surface area contributed by atoms with Crippen LogP contribution in [0.25, 0.3) is 6.08 Å². The summed E-state index contributed by atoms with van der Waals surface area (Å²) in [6.45, 7) is 2.61. The SMILES string of the molecule is CCOc1cc(/C=C2/SC(=S)N(c3ccc(OC)c(Cl)c3)C2=O)cc(Br)c1OCc1ccccc1Cl. The second-order valence-corrected chi connectivity index (χ2v) is 10.8. The highest BCUT2D eigenvalue weighted by atomic mass is 79.9. The van der Waals surface area contributed by atoms with Gasteiger partial charge in [0.1, 0.15) is 12.4 Å². The minimum atomic E-state index is -0.237. The lowest BCUT2D eigenvalue weighted by atomic mass is 10.1. The zero-order valence-corrected chi connectivity index (χ0v) is 23.9. The van der Waals surface area contributed by atoms with Crippen LogP contribution in [0.2, 0.25) is 10.0 Å². The number of methoxy groups -OCH3 is 1. The Morgan fingerprint density at radius 3 is 2.53 bits per heavy atom. The maximum Gasteiger partial charge on any atom is 0.270 e. The topological polar surface area (TPSA) is 48.0 Å². The maximum atomic E-state index is 13.2. The Labute approximate surface area is 237 Å². The first-order valence-electron chi connectivity index (χ1n) is 10.8. The lowest BCUT2D eigenvalue weighted by molar-refractivity contribution is -0.113. The van der Waals surface area contributed by atoms with E-state index in [0.717, 1.165) is 11.1 Å². The lowest BCUT2D eigenvalue weighted by Gasteiger charge is -2.16. The second kappa shape index (κ2) is 11.9. The van der Waals surface area contributed by atoms with E-state index in [0.29, 0.717) is 53.3 Å². The van der Waals surface area contributed by atoms with E-state index in [1.807, 2.05) is 43.3 Å². The molecule has 10 heteroatoms. The molecular weight excluding hydrogens is 605 g/mol. The number of ether oxygens (including phenoxy) is 3. The van der Waals surface area contributed by atoms with E-state index in [1.54, 1.807) is 24.3 Å². The Kier molecular flexibility index (Phi) is 8.85. The predicted molar refractivity (Wildman–Crippen MR) is 155 cm³/mol. The van der Waals surface area contributed by atoms with Crippen molar-refractivity contribution in [3.05, 3.63) is 85.1 Å². The van der Waals surface area contributed by atoms with Gasteiger partial charge in [0, 0.05) is 10.6 Å². The Bertz CT molecular complexity index is 1370. The number of amides is 1. The highest BCUT2D eigenvalue weighted by molar-refractivity contribution is 9.10. The quantitative estimate of drug-likeness (QED) is 0.186. The molecule has 1 aliphatic rings. The van der Waals surface area contributed by atoms with Crippen LogP contribution in [0, 0.1) is 0 Å². The highest BCUT2D eigenvalue weighted by Gasteiger charge is 2.33. The van der Waals surface area contributed by atoms with Gasteiger partial charge in [0.05, 0.1) is 33.8 Å². The van der Waals surface area contributed by atoms with E-state index in [1.165, 1.54) is 23.8 Å². The number of benzene rings is 3. The molecular formula is C26H20BrCl2NO4S2. The number of anilines is 1. The van der Waals surface area contributed by atoms with Crippen LogP contribution in [0.1, 0.15) is 18.1 Å². The normalized spacial score (nSPS) is 14.5. The number of nitrogens with zero attached hydrogens (tertiary/aromatic N) is 1. The molecule has 0 unspecified atom stereocenters. The fourth-order valence-electron chi connectivity index (χ4n) is 3.48. The first kappa shape index (κ1) is 26.8. The van der Waals surface area contributed by atoms with Gasteiger partial charge in [-0.2, -0.15) is 0 Å². The number of hydrogen-bond acceptors (Lipinski definition) is 6. The summed E-state index contributed by atoms with van der Waals surface area (Å²) in [7, 11) is 1.53. The van der Waals surface area contributed by atoms with Crippen molar-refractivity contribution in [1.29, 1.82) is 0 Å². The van der Waals surface area contributed by atoms with Gasteiger partial charge < -0.3 is 14.2 Å². The van der Waals surface area contributed by atoms with Crippen LogP contribution in [-0.2, 0) is 11.4 Å². The summed E-state index contributed by atoms with van der Waals surface area (Å²) >= 11 is 22.8. The smallest absolute Gasteiger partial charge is 0.270 e. The summed E-state index contributed by atoms with van der Waals surface area (Å²) in [4.78, 5) is 15.2. The molecule has 0 aliphatic carbocycles. The minimum absolute atomic E-state index is 0.237. The van der Waals surface area contributed by atoms with E-state index < -0.39 is 0 Å². The molecule has 0 spiro atoms. The monoisotopic (exact) mass is 623 g/mol. The van der Waals surface area contributed by atoms with Crippen LogP contribution in [-0.4, -0.2) is 23.9 Å². The number of thiocarbonyl (C=S) groups is 1. The van der Waals surface area contributed by atoms with Gasteiger partial charge in [0.25, 0.3) is 5.91 Å². The van der Waals surface area contributed by atoms with Crippen molar-refractivity contribution in [2.24, 2.45) is 0 Å². The number of carbonyl (C=O) groups excluding carboxylic acids is 1. The fourth-order valence-corrected chi connectivity index (χ4v) is 5.79. The summed E-state index contributed by atoms with van der Waals surface area (Å²) in [6, 6.07) is 16.3. The third-order valence-corrected chi connectivity index (χ3v) is 7.70. The molecule has 1 fully saturated rings. The molecule has 186 valence electrons. The van der Waals surface area contributed by atoms with E-state index >= 15 is 0 Å². The van der Waals surface area contributed by atoms with Crippen molar-refractivity contribution in [3.8, 4) is 17.2 Å². The number of carbonyl (C=O) groups is 1. The summed E-state index contributed by atoms with van der Waals surface area (Å²) < 4.78 is 18.2. The summed E-state index contributed by atoms with van der Waals surface area (Å²) in [6.07, 6.45) is 1.77. The van der Waals surface area contributed by atoms with Crippen molar-refractivity contribution < 1.29 is 19.0 Å². The molecule has 0 N–H and O–H groups in total. The van der Waals surface area contributed by atoms with Crippen molar-refractivity contribution in [2.45, 2.75) is 13.5 Å². The van der Waals surface area contributed by atoms with Crippen LogP contribution >= 0.6 is 63.1 Å². The number of thioether (sulfide) groups is 1. The van der Waals surface area contributed by atoms with E-state index in [4.69, 9.17) is 49.6 Å². The Morgan fingerprint density at radius 2 is 1.83 bits per heavy atom. The maximum absolute atomic E-state index is 13.2. The molecule has 1 saturated heterocycles. The predicted octanol–water partition coefficient (Wildman–Crippen LogP) is 8.15. The average Bonchev–Trinajstić information content (AvgIpc) is 3.12. The van der Waals surface area contributed by atoms with Crippen molar-refractivity contribution in [3.63, 3.8) is 0 Å². The van der Waals surface area contributed by atoms with Crippen LogP contribution in [0.4, 0.5) is 5.69 Å². The zero-order valence-electron chi connectivity index (χ0n) is 19.2. The zero-order chi connectivity index (χ0) is 25.8. The molecule has 1 amide bonds. The Balaban J connectivity index is 1.61. The summed E-state index contributed by atoms with van der Waals surface area (Å²) in [5, 5.41) is 1.02. The first-order chi connectivity index (χ1) is 17.3. The molecule has 4 rings (SSSR count). The standard InChI is InChI=1S/C26H20BrCl2NO4S2/c1-3-33-22-11-15(10-18(27)24(22)34-14-16-6-4-5-7-19(16)28)12-23-25(31)30(26(35)36-23)17-8-9-21(32-2)20(29)13-17/h4-13H,3,14H2,1-2H3/b23-12+. The fraction of sp³-hybridized carbons (Fsp3) is 0.154. The van der Waals surface area contributed by atoms with Crippen LogP contribution in [0.5, 0.6) is 17.2 Å². The minimum Gasteiger partial charge on any atom is -0.495 e. The molecule has 3 aromatic rings. The highest BCUT2D eigenvalue weighted by Crippen LogP contribution is 2.41. The van der Waals surface area contributed by atoms with E-state index in [-0.39, 0.29) is 12.5 Å². The molecule has 0 saturated carbocycles. The van der Waals surface area contributed by atoms with Gasteiger partial charge >= 0.3 is 0 Å². The van der Waals surface area contributed by atoms with Gasteiger partial charge in [0.15, 0.2) is 15.8 Å². The third kappa shape index (κ3) is 5.84. The average molecular weight is 625 g/mol. The van der Waals surface area contributed by atoms with Gasteiger partial charge in [-0.1, -0.05) is 65.4 Å². The van der Waals surface area contributed by atoms with Gasteiger partial charge in [-0.15, -0.1) is 0 Å². The summed E-state index contributed by atoms with van der Waals surface area (Å²) in [5.74, 6) is 1.38. The van der Waals surface area contributed by atoms with Crippen molar-refractivity contribution >= 4 is 85.1 Å². The van der Waals surface area contributed by atoms with Gasteiger partial charge in [0.2, 0.25) is 0 Å². The van der Waals surface area contributed by atoms with Crippen molar-refractivity contribution in [2.75, 3.05) is 18.6 Å². The number of hydrogen-bond donors (Lipinski definition) is 0. The molecule has 36 heavy (non-hydrogen) atoms. The van der Waals surface area contributed by atoms with Crippen LogP contribution in [0.15, 0.2) is 64.0 Å². The van der Waals surface area contributed by atoms with Crippen LogP contribution in [0.3, 0.4) is 0 Å². The molecule has 0 atom stereocenters. The largest absolute Gasteiger partial charge is 0.495 e. The van der Waals surface area contributed by atoms with Crippen LogP contribution < -0.4 is 19.1 Å². The third-order valence-electron chi connectivity index (χ3n) is 5.15. The molecule has 1 heterocycles. The van der Waals surface area contributed by atoms with Crippen molar-refractivity contribution in [1.82, 2.24) is 0 Å². The van der Waals surface area contributed by atoms with E-state index in [2.05, 4.69) is 15.9 Å². The molecule has 0 bridgehead atoms. The lowest BCUT2D eigenvalue weighted by Crippen LogP contribution is -2.27. The number of halogens is 3. The molecule has 1 aliphatic heterocycles. The second-order valence-electron chi connectivity index (χ2n) is 7.48. The van der Waals surface area contributed by atoms with Gasteiger partial charge in [-0.25, -0.2) is 0 Å². The molecule has 5 nitrogen and oxygen atoms in total.